The number of nitrogens with zero attached hydrogens (tertiary/aromatic N) is 5. The number of aromatic nitrogens is 4. The van der Waals surface area contributed by atoms with E-state index in [0.717, 1.165) is 21.7 Å². The van der Waals surface area contributed by atoms with Gasteiger partial charge in [-0.15, -0.1) is 10.2 Å². The standard InChI is InChI=1S/C21H15F3N6O2/c1-29(11-17(31)26-15-7-6-14(22)19(23)20(15)24)18(32)9-8-16-27-28-21-13-5-3-2-4-12(13)10-25-30(16)21/h2-10H,11H2,1H3,(H,26,31)/b9-8+. The molecule has 2 aromatic carbocycles. The highest BCUT2D eigenvalue weighted by Gasteiger charge is 2.17. The molecule has 0 radical (unpaired) electrons. The van der Waals surface area contributed by atoms with Gasteiger partial charge in [-0.25, -0.2) is 13.2 Å². The van der Waals surface area contributed by atoms with Gasteiger partial charge in [-0.05, 0) is 18.2 Å². The Morgan fingerprint density at radius 1 is 1.09 bits per heavy atom. The van der Waals surface area contributed by atoms with Crippen molar-refractivity contribution in [3.05, 3.63) is 71.9 Å². The number of fused-ring (bicyclic) bond motifs is 3. The maximum Gasteiger partial charge on any atom is 0.246 e. The Morgan fingerprint density at radius 2 is 1.88 bits per heavy atom. The van der Waals surface area contributed by atoms with Crippen LogP contribution in [0.4, 0.5) is 18.9 Å². The summed E-state index contributed by atoms with van der Waals surface area (Å²) in [6.07, 6.45) is 4.23. The van der Waals surface area contributed by atoms with Crippen molar-refractivity contribution in [3.8, 4) is 0 Å². The molecule has 2 heterocycles. The Morgan fingerprint density at radius 3 is 2.69 bits per heavy atom. The minimum Gasteiger partial charge on any atom is -0.333 e. The van der Waals surface area contributed by atoms with E-state index in [1.807, 2.05) is 24.3 Å². The first-order chi connectivity index (χ1) is 15.3. The number of hydrogen-bond acceptors (Lipinski definition) is 5. The van der Waals surface area contributed by atoms with Crippen molar-refractivity contribution >= 4 is 40.0 Å². The molecule has 0 bridgehead atoms. The molecule has 2 amide bonds. The summed E-state index contributed by atoms with van der Waals surface area (Å²) in [6.45, 7) is -0.453. The second-order valence-corrected chi connectivity index (χ2v) is 6.82. The molecule has 0 saturated heterocycles. The van der Waals surface area contributed by atoms with Crippen molar-refractivity contribution in [3.63, 3.8) is 0 Å². The maximum absolute atomic E-state index is 13.7. The molecule has 1 N–H and O–H groups in total. The summed E-state index contributed by atoms with van der Waals surface area (Å²) in [5.41, 5.74) is -0.00462. The lowest BCUT2D eigenvalue weighted by atomic mass is 10.2. The minimum atomic E-state index is -1.70. The molecule has 162 valence electrons. The molecule has 0 saturated carbocycles. The van der Waals surface area contributed by atoms with Gasteiger partial charge >= 0.3 is 0 Å². The number of nitrogens with one attached hydrogen (secondary N) is 1. The summed E-state index contributed by atoms with van der Waals surface area (Å²) in [6, 6.07) is 9.09. The van der Waals surface area contributed by atoms with Gasteiger partial charge in [-0.1, -0.05) is 24.3 Å². The predicted molar refractivity (Wildman–Crippen MR) is 110 cm³/mol. The Kier molecular flexibility index (Phi) is 5.54. The third-order valence-electron chi connectivity index (χ3n) is 4.62. The fourth-order valence-electron chi connectivity index (χ4n) is 2.99. The normalized spacial score (nSPS) is 11.4. The first-order valence-corrected chi connectivity index (χ1v) is 9.31. The number of carbonyl (C=O) groups is 2. The molecule has 4 aromatic rings. The van der Waals surface area contributed by atoms with Gasteiger partial charge in [0.05, 0.1) is 18.4 Å². The van der Waals surface area contributed by atoms with Crippen molar-refractivity contribution in [2.45, 2.75) is 0 Å². The molecule has 0 spiro atoms. The number of amides is 2. The number of likely N-dealkylation sites (N-methyl/N-ethyl adjacent to an activating group) is 1. The highest BCUT2D eigenvalue weighted by molar-refractivity contribution is 5.98. The van der Waals surface area contributed by atoms with Crippen LogP contribution in [-0.4, -0.2) is 50.1 Å². The van der Waals surface area contributed by atoms with E-state index in [0.29, 0.717) is 17.5 Å². The van der Waals surface area contributed by atoms with Crippen molar-refractivity contribution < 1.29 is 22.8 Å². The van der Waals surface area contributed by atoms with Crippen LogP contribution in [0.3, 0.4) is 0 Å². The Labute approximate surface area is 179 Å². The first-order valence-electron chi connectivity index (χ1n) is 9.31. The van der Waals surface area contributed by atoms with Crippen LogP contribution in [0.15, 0.2) is 48.7 Å². The molecule has 4 rings (SSSR count). The SMILES string of the molecule is CN(CC(=O)Nc1ccc(F)c(F)c1F)C(=O)/C=C/c1nnc2c3ccccc3cnn12. The van der Waals surface area contributed by atoms with Crippen LogP contribution < -0.4 is 5.32 Å². The Balaban J connectivity index is 1.44. The highest BCUT2D eigenvalue weighted by atomic mass is 19.2. The predicted octanol–water partition coefficient (Wildman–Crippen LogP) is 2.81. The van der Waals surface area contributed by atoms with Gasteiger partial charge in [0.2, 0.25) is 11.8 Å². The number of rotatable bonds is 5. The summed E-state index contributed by atoms with van der Waals surface area (Å²) in [5, 5.41) is 16.2. The van der Waals surface area contributed by atoms with Gasteiger partial charge in [0.15, 0.2) is 28.9 Å². The molecular formula is C21H15F3N6O2. The fraction of sp³-hybridized carbons (Fsp3) is 0.0952. The Bertz CT molecular complexity index is 1380. The smallest absolute Gasteiger partial charge is 0.246 e. The van der Waals surface area contributed by atoms with E-state index in [4.69, 9.17) is 0 Å². The van der Waals surface area contributed by atoms with Crippen LogP contribution in [-0.2, 0) is 9.59 Å². The average Bonchev–Trinajstić information content (AvgIpc) is 3.21. The average molecular weight is 440 g/mol. The third kappa shape index (κ3) is 4.00. The number of anilines is 1. The summed E-state index contributed by atoms with van der Waals surface area (Å²) >= 11 is 0. The van der Waals surface area contributed by atoms with E-state index in [9.17, 15) is 22.8 Å². The van der Waals surface area contributed by atoms with Crippen molar-refractivity contribution in [1.29, 1.82) is 0 Å². The van der Waals surface area contributed by atoms with Crippen LogP contribution in [0.25, 0.3) is 22.5 Å². The molecule has 0 aliphatic heterocycles. The summed E-state index contributed by atoms with van der Waals surface area (Å²) < 4.78 is 41.4. The lowest BCUT2D eigenvalue weighted by Crippen LogP contribution is -2.34. The molecule has 2 aromatic heterocycles. The Hall–Kier alpha value is -4.28. The zero-order valence-electron chi connectivity index (χ0n) is 16.6. The summed E-state index contributed by atoms with van der Waals surface area (Å²) in [4.78, 5) is 25.4. The van der Waals surface area contributed by atoms with Gasteiger partial charge in [-0.2, -0.15) is 9.61 Å². The van der Waals surface area contributed by atoms with Gasteiger partial charge < -0.3 is 10.2 Å². The van der Waals surface area contributed by atoms with Crippen LogP contribution in [0.5, 0.6) is 0 Å². The van der Waals surface area contributed by atoms with Crippen molar-refractivity contribution in [2.75, 3.05) is 18.9 Å². The van der Waals surface area contributed by atoms with Crippen LogP contribution in [0.2, 0.25) is 0 Å². The van der Waals surface area contributed by atoms with Gasteiger partial charge in [0.25, 0.3) is 0 Å². The van der Waals surface area contributed by atoms with Crippen molar-refractivity contribution in [1.82, 2.24) is 24.7 Å². The van der Waals surface area contributed by atoms with E-state index in [1.54, 1.807) is 6.20 Å². The first kappa shape index (κ1) is 21.0. The van der Waals surface area contributed by atoms with Crippen molar-refractivity contribution in [2.24, 2.45) is 0 Å². The fourth-order valence-corrected chi connectivity index (χ4v) is 2.99. The third-order valence-corrected chi connectivity index (χ3v) is 4.62. The largest absolute Gasteiger partial charge is 0.333 e. The van der Waals surface area contributed by atoms with E-state index >= 15 is 0 Å². The zero-order chi connectivity index (χ0) is 22.8. The monoisotopic (exact) mass is 440 g/mol. The zero-order valence-corrected chi connectivity index (χ0v) is 16.6. The molecule has 0 atom stereocenters. The quantitative estimate of drug-likeness (QED) is 0.381. The molecule has 8 nitrogen and oxygen atoms in total. The molecule has 0 unspecified atom stereocenters. The van der Waals surface area contributed by atoms with Gasteiger partial charge in [0.1, 0.15) is 0 Å². The molecule has 0 fully saturated rings. The van der Waals surface area contributed by atoms with E-state index in [-0.39, 0.29) is 0 Å². The van der Waals surface area contributed by atoms with E-state index in [1.165, 1.54) is 23.7 Å². The molecule has 0 aliphatic rings. The number of benzene rings is 2. The number of carbonyl (C=O) groups excluding carboxylic acids is 2. The van der Waals surface area contributed by atoms with E-state index in [2.05, 4.69) is 20.6 Å². The van der Waals surface area contributed by atoms with Gasteiger partial charge in [-0.3, -0.25) is 9.59 Å². The lowest BCUT2D eigenvalue weighted by molar-refractivity contribution is -0.129. The van der Waals surface area contributed by atoms with Crippen LogP contribution >= 0.6 is 0 Å². The number of hydrogen-bond donors (Lipinski definition) is 1. The maximum atomic E-state index is 13.7. The van der Waals surface area contributed by atoms with E-state index < -0.39 is 41.5 Å². The summed E-state index contributed by atoms with van der Waals surface area (Å²) in [5.74, 6) is -5.63. The van der Waals surface area contributed by atoms with Crippen LogP contribution in [0, 0.1) is 17.5 Å². The van der Waals surface area contributed by atoms with Gasteiger partial charge in [0, 0.05) is 23.9 Å². The second-order valence-electron chi connectivity index (χ2n) is 6.82. The van der Waals surface area contributed by atoms with Crippen LogP contribution in [0.1, 0.15) is 5.82 Å². The lowest BCUT2D eigenvalue weighted by Gasteiger charge is -2.15. The molecule has 0 aliphatic carbocycles. The topological polar surface area (TPSA) is 92.5 Å². The molecular weight excluding hydrogens is 425 g/mol. The molecule has 32 heavy (non-hydrogen) atoms. The number of halogens is 3. The second kappa shape index (κ2) is 8.46. The molecule has 11 heteroatoms. The summed E-state index contributed by atoms with van der Waals surface area (Å²) in [7, 11) is 1.35. The highest BCUT2D eigenvalue weighted by Crippen LogP contribution is 2.20. The minimum absolute atomic E-state index is 0.306.